The molecule has 25 heavy (non-hydrogen) atoms. The van der Waals surface area contributed by atoms with Crippen LogP contribution in [-0.2, 0) is 0 Å². The molecule has 0 N–H and O–H groups in total. The lowest BCUT2D eigenvalue weighted by molar-refractivity contribution is 0.262. The molecule has 0 radical (unpaired) electrons. The zero-order valence-electron chi connectivity index (χ0n) is 15.7. The average molecular weight is 338 g/mol. The monoisotopic (exact) mass is 338 g/mol. The standard InChI is InChI=1S/C22H30N2O/c1-18(24-14-6-7-15-24)19-10-12-20(13-11-19)21-8-4-5-9-22(21)25-17-16-23(2)3/h4-5,8-13,18H,6-7,14-17H2,1-3H3/t18-/m0/s1. The van der Waals surface area contributed by atoms with Gasteiger partial charge in [-0.15, -0.1) is 0 Å². The van der Waals surface area contributed by atoms with Gasteiger partial charge in [-0.3, -0.25) is 4.90 Å². The fourth-order valence-corrected chi connectivity index (χ4v) is 3.45. The predicted octanol–water partition coefficient (Wildman–Crippen LogP) is 4.45. The zero-order chi connectivity index (χ0) is 17.6. The van der Waals surface area contributed by atoms with Crippen molar-refractivity contribution in [3.05, 3.63) is 54.1 Å². The Hall–Kier alpha value is -1.84. The van der Waals surface area contributed by atoms with Crippen molar-refractivity contribution in [2.75, 3.05) is 40.3 Å². The number of ether oxygens (including phenoxy) is 1. The van der Waals surface area contributed by atoms with Crippen LogP contribution in [0.2, 0.25) is 0 Å². The summed E-state index contributed by atoms with van der Waals surface area (Å²) >= 11 is 0. The van der Waals surface area contributed by atoms with Gasteiger partial charge in [-0.1, -0.05) is 42.5 Å². The van der Waals surface area contributed by atoms with Crippen molar-refractivity contribution in [3.8, 4) is 16.9 Å². The number of rotatable bonds is 7. The van der Waals surface area contributed by atoms with E-state index in [0.29, 0.717) is 12.6 Å². The lowest BCUT2D eigenvalue weighted by Gasteiger charge is -2.24. The van der Waals surface area contributed by atoms with Crippen LogP contribution in [0.4, 0.5) is 0 Å². The molecule has 2 aromatic carbocycles. The Bertz CT molecular complexity index is 660. The average Bonchev–Trinajstić information content (AvgIpc) is 3.16. The molecule has 3 heteroatoms. The van der Waals surface area contributed by atoms with Crippen LogP contribution in [0.15, 0.2) is 48.5 Å². The first-order valence-corrected chi connectivity index (χ1v) is 9.36. The zero-order valence-corrected chi connectivity index (χ0v) is 15.7. The molecule has 0 aliphatic carbocycles. The van der Waals surface area contributed by atoms with E-state index in [1.807, 2.05) is 6.07 Å². The van der Waals surface area contributed by atoms with Gasteiger partial charge in [-0.2, -0.15) is 0 Å². The Balaban J connectivity index is 1.73. The van der Waals surface area contributed by atoms with Crippen molar-refractivity contribution in [1.29, 1.82) is 0 Å². The van der Waals surface area contributed by atoms with Gasteiger partial charge >= 0.3 is 0 Å². The van der Waals surface area contributed by atoms with Crippen LogP contribution in [0.3, 0.4) is 0 Å². The molecule has 0 unspecified atom stereocenters. The fraction of sp³-hybridized carbons (Fsp3) is 0.455. The summed E-state index contributed by atoms with van der Waals surface area (Å²) in [4.78, 5) is 4.71. The molecule has 1 aliphatic heterocycles. The van der Waals surface area contributed by atoms with Gasteiger partial charge in [-0.05, 0) is 64.1 Å². The molecule has 1 aliphatic rings. The Labute approximate surface area is 152 Å². The van der Waals surface area contributed by atoms with E-state index in [9.17, 15) is 0 Å². The maximum absolute atomic E-state index is 6.01. The molecule has 1 atom stereocenters. The van der Waals surface area contributed by atoms with Crippen LogP contribution in [-0.4, -0.2) is 50.1 Å². The highest BCUT2D eigenvalue weighted by Crippen LogP contribution is 2.32. The molecule has 2 aromatic rings. The lowest BCUT2D eigenvalue weighted by atomic mass is 10.00. The first-order valence-electron chi connectivity index (χ1n) is 9.36. The molecule has 0 bridgehead atoms. The summed E-state index contributed by atoms with van der Waals surface area (Å²) in [5.41, 5.74) is 3.79. The second-order valence-electron chi connectivity index (χ2n) is 7.19. The molecule has 1 fully saturated rings. The van der Waals surface area contributed by atoms with E-state index >= 15 is 0 Å². The van der Waals surface area contributed by atoms with Crippen molar-refractivity contribution in [1.82, 2.24) is 9.80 Å². The van der Waals surface area contributed by atoms with Gasteiger partial charge < -0.3 is 9.64 Å². The Morgan fingerprint density at radius 3 is 2.36 bits per heavy atom. The van der Waals surface area contributed by atoms with Crippen molar-refractivity contribution in [3.63, 3.8) is 0 Å². The number of hydrogen-bond acceptors (Lipinski definition) is 3. The molecule has 3 rings (SSSR count). The molecular formula is C22H30N2O. The summed E-state index contributed by atoms with van der Waals surface area (Å²) in [6, 6.07) is 17.8. The van der Waals surface area contributed by atoms with Crippen LogP contribution >= 0.6 is 0 Å². The number of nitrogens with zero attached hydrogens (tertiary/aromatic N) is 2. The van der Waals surface area contributed by atoms with Crippen molar-refractivity contribution in [2.45, 2.75) is 25.8 Å². The summed E-state index contributed by atoms with van der Waals surface area (Å²) in [6.45, 7) is 6.39. The maximum Gasteiger partial charge on any atom is 0.127 e. The Morgan fingerprint density at radius 2 is 1.68 bits per heavy atom. The smallest absolute Gasteiger partial charge is 0.127 e. The Morgan fingerprint density at radius 1 is 1.00 bits per heavy atom. The summed E-state index contributed by atoms with van der Waals surface area (Å²) in [7, 11) is 4.13. The van der Waals surface area contributed by atoms with Crippen LogP contribution in [0, 0.1) is 0 Å². The van der Waals surface area contributed by atoms with Gasteiger partial charge in [0.05, 0.1) is 0 Å². The number of likely N-dealkylation sites (N-methyl/N-ethyl adjacent to an activating group) is 1. The van der Waals surface area contributed by atoms with Gasteiger partial charge in [0.25, 0.3) is 0 Å². The van der Waals surface area contributed by atoms with E-state index in [1.54, 1.807) is 0 Å². The normalized spacial score (nSPS) is 16.3. The minimum Gasteiger partial charge on any atom is -0.492 e. The highest BCUT2D eigenvalue weighted by molar-refractivity contribution is 5.70. The molecule has 3 nitrogen and oxygen atoms in total. The highest BCUT2D eigenvalue weighted by Gasteiger charge is 2.19. The topological polar surface area (TPSA) is 15.7 Å². The Kier molecular flexibility index (Phi) is 6.11. The second-order valence-corrected chi connectivity index (χ2v) is 7.19. The van der Waals surface area contributed by atoms with E-state index in [0.717, 1.165) is 12.3 Å². The predicted molar refractivity (Wildman–Crippen MR) is 105 cm³/mol. The number of likely N-dealkylation sites (tertiary alicyclic amines) is 1. The number of hydrogen-bond donors (Lipinski definition) is 0. The van der Waals surface area contributed by atoms with Gasteiger partial charge in [0, 0.05) is 18.2 Å². The molecule has 0 saturated carbocycles. The van der Waals surface area contributed by atoms with E-state index in [-0.39, 0.29) is 0 Å². The third-order valence-electron chi connectivity index (χ3n) is 5.08. The second kappa shape index (κ2) is 8.50. The van der Waals surface area contributed by atoms with Crippen LogP contribution in [0.5, 0.6) is 5.75 Å². The number of para-hydroxylation sites is 1. The molecular weight excluding hydrogens is 308 g/mol. The SMILES string of the molecule is C[C@@H](c1ccc(-c2ccccc2OCCN(C)C)cc1)N1CCCC1. The lowest BCUT2D eigenvalue weighted by Crippen LogP contribution is -2.23. The molecule has 1 heterocycles. The molecule has 0 amide bonds. The first kappa shape index (κ1) is 18.0. The van der Waals surface area contributed by atoms with E-state index in [4.69, 9.17) is 4.74 Å². The quantitative estimate of drug-likeness (QED) is 0.742. The summed E-state index contributed by atoms with van der Waals surface area (Å²) in [5, 5.41) is 0. The van der Waals surface area contributed by atoms with Gasteiger partial charge in [0.2, 0.25) is 0 Å². The van der Waals surface area contributed by atoms with Crippen molar-refractivity contribution < 1.29 is 4.74 Å². The summed E-state index contributed by atoms with van der Waals surface area (Å²) in [5.74, 6) is 0.963. The minimum absolute atomic E-state index is 0.503. The van der Waals surface area contributed by atoms with Gasteiger partial charge in [0.15, 0.2) is 0 Å². The molecule has 1 saturated heterocycles. The van der Waals surface area contributed by atoms with E-state index < -0.39 is 0 Å². The molecule has 0 spiro atoms. The van der Waals surface area contributed by atoms with Gasteiger partial charge in [0.1, 0.15) is 12.4 Å². The van der Waals surface area contributed by atoms with E-state index in [2.05, 4.69) is 73.3 Å². The third kappa shape index (κ3) is 4.62. The van der Waals surface area contributed by atoms with Gasteiger partial charge in [-0.25, -0.2) is 0 Å². The largest absolute Gasteiger partial charge is 0.492 e. The molecule has 134 valence electrons. The summed E-state index contributed by atoms with van der Waals surface area (Å²) < 4.78 is 6.01. The minimum atomic E-state index is 0.503. The van der Waals surface area contributed by atoms with Crippen LogP contribution in [0.1, 0.15) is 31.4 Å². The van der Waals surface area contributed by atoms with Crippen LogP contribution in [0.25, 0.3) is 11.1 Å². The summed E-state index contributed by atoms with van der Waals surface area (Å²) in [6.07, 6.45) is 2.67. The number of benzene rings is 2. The van der Waals surface area contributed by atoms with Crippen LogP contribution < -0.4 is 4.74 Å². The fourth-order valence-electron chi connectivity index (χ4n) is 3.45. The third-order valence-corrected chi connectivity index (χ3v) is 5.08. The first-order chi connectivity index (χ1) is 12.1. The highest BCUT2D eigenvalue weighted by atomic mass is 16.5. The van der Waals surface area contributed by atoms with Crippen molar-refractivity contribution in [2.24, 2.45) is 0 Å². The van der Waals surface area contributed by atoms with Crippen molar-refractivity contribution >= 4 is 0 Å². The maximum atomic E-state index is 6.01. The molecule has 0 aromatic heterocycles. The van der Waals surface area contributed by atoms with E-state index in [1.165, 1.54) is 42.6 Å².